The lowest BCUT2D eigenvalue weighted by Gasteiger charge is -2.38. The Balaban J connectivity index is 2.70. The Morgan fingerprint density at radius 2 is 2.22 bits per heavy atom. The summed E-state index contributed by atoms with van der Waals surface area (Å²) in [5, 5.41) is 17.8. The molecule has 1 saturated heterocycles. The van der Waals surface area contributed by atoms with E-state index in [4.69, 9.17) is 14.9 Å². The van der Waals surface area contributed by atoms with Gasteiger partial charge in [-0.05, 0) is 6.92 Å². The van der Waals surface area contributed by atoms with Crippen LogP contribution < -0.4 is 0 Å². The van der Waals surface area contributed by atoms with E-state index < -0.39 is 12.0 Å². The van der Waals surface area contributed by atoms with Crippen molar-refractivity contribution >= 4 is 12.0 Å². The Morgan fingerprint density at radius 1 is 1.56 bits per heavy atom. The highest BCUT2D eigenvalue weighted by molar-refractivity contribution is 5.76. The average molecular weight is 260 g/mol. The standard InChI is InChI=1S/C11H20N2O5/c1-8(6-14)12(2)11(17)13-3-4-18-7-9(13)5-10(15)16/h8-9,14H,3-7H2,1-2H3,(H,15,16). The van der Waals surface area contributed by atoms with Gasteiger partial charge in [0.25, 0.3) is 0 Å². The number of aliphatic hydroxyl groups excluding tert-OH is 1. The number of rotatable bonds is 4. The van der Waals surface area contributed by atoms with Crippen LogP contribution >= 0.6 is 0 Å². The minimum atomic E-state index is -0.957. The molecule has 1 fully saturated rings. The monoisotopic (exact) mass is 260 g/mol. The molecule has 2 unspecified atom stereocenters. The van der Waals surface area contributed by atoms with Crippen molar-refractivity contribution in [2.75, 3.05) is 33.4 Å². The number of hydrogen-bond donors (Lipinski definition) is 2. The Morgan fingerprint density at radius 3 is 2.78 bits per heavy atom. The van der Waals surface area contributed by atoms with Crippen LogP contribution in [0.4, 0.5) is 4.79 Å². The fourth-order valence-electron chi connectivity index (χ4n) is 1.79. The number of hydrogen-bond acceptors (Lipinski definition) is 4. The molecule has 7 nitrogen and oxygen atoms in total. The largest absolute Gasteiger partial charge is 0.481 e. The number of carbonyl (C=O) groups excluding carboxylic acids is 1. The summed E-state index contributed by atoms with van der Waals surface area (Å²) in [5.74, 6) is -0.957. The van der Waals surface area contributed by atoms with Crippen LogP contribution in [0.25, 0.3) is 0 Å². The van der Waals surface area contributed by atoms with Crippen molar-refractivity contribution in [3.05, 3.63) is 0 Å². The van der Waals surface area contributed by atoms with Crippen molar-refractivity contribution in [3.8, 4) is 0 Å². The molecule has 1 aliphatic heterocycles. The van der Waals surface area contributed by atoms with E-state index in [1.54, 1.807) is 14.0 Å². The number of urea groups is 1. The number of aliphatic carboxylic acids is 1. The van der Waals surface area contributed by atoms with Gasteiger partial charge in [0.1, 0.15) is 0 Å². The van der Waals surface area contributed by atoms with Crippen LogP contribution in [0.3, 0.4) is 0 Å². The minimum Gasteiger partial charge on any atom is -0.481 e. The molecule has 0 aliphatic carbocycles. The van der Waals surface area contributed by atoms with Crippen LogP contribution in [-0.4, -0.2) is 77.5 Å². The second-order valence-electron chi connectivity index (χ2n) is 4.45. The molecule has 0 bridgehead atoms. The summed E-state index contributed by atoms with van der Waals surface area (Å²) in [4.78, 5) is 25.9. The Kier molecular flexibility index (Phi) is 5.36. The highest BCUT2D eigenvalue weighted by Crippen LogP contribution is 2.14. The zero-order valence-corrected chi connectivity index (χ0v) is 10.7. The van der Waals surface area contributed by atoms with Crippen molar-refractivity contribution in [1.82, 2.24) is 9.80 Å². The molecule has 0 aromatic rings. The highest BCUT2D eigenvalue weighted by atomic mass is 16.5. The molecule has 0 aromatic carbocycles. The van der Waals surface area contributed by atoms with Gasteiger partial charge in [0.15, 0.2) is 0 Å². The lowest BCUT2D eigenvalue weighted by molar-refractivity contribution is -0.139. The number of ether oxygens (including phenoxy) is 1. The first-order valence-corrected chi connectivity index (χ1v) is 5.91. The van der Waals surface area contributed by atoms with Crippen LogP contribution in [0.5, 0.6) is 0 Å². The molecule has 1 aliphatic rings. The second kappa shape index (κ2) is 6.55. The summed E-state index contributed by atoms with van der Waals surface area (Å²) in [6.45, 7) is 2.61. The second-order valence-corrected chi connectivity index (χ2v) is 4.45. The fraction of sp³-hybridized carbons (Fsp3) is 0.818. The lowest BCUT2D eigenvalue weighted by Crippen LogP contribution is -2.55. The van der Waals surface area contributed by atoms with Crippen molar-refractivity contribution in [1.29, 1.82) is 0 Å². The molecular weight excluding hydrogens is 240 g/mol. The van der Waals surface area contributed by atoms with Crippen molar-refractivity contribution in [2.45, 2.75) is 25.4 Å². The van der Waals surface area contributed by atoms with Crippen molar-refractivity contribution < 1.29 is 24.5 Å². The Bertz CT molecular complexity index is 310. The van der Waals surface area contributed by atoms with E-state index in [2.05, 4.69) is 0 Å². The van der Waals surface area contributed by atoms with Crippen LogP contribution in [0.1, 0.15) is 13.3 Å². The first kappa shape index (κ1) is 14.7. The maximum Gasteiger partial charge on any atom is 0.320 e. The number of aliphatic hydroxyl groups is 1. The smallest absolute Gasteiger partial charge is 0.320 e. The maximum absolute atomic E-state index is 12.2. The molecule has 0 radical (unpaired) electrons. The third-order valence-electron chi connectivity index (χ3n) is 3.11. The molecule has 1 rings (SSSR count). The Hall–Kier alpha value is -1.34. The van der Waals surface area contributed by atoms with Gasteiger partial charge in [-0.1, -0.05) is 0 Å². The van der Waals surface area contributed by atoms with E-state index in [0.29, 0.717) is 13.2 Å². The van der Waals surface area contributed by atoms with Gasteiger partial charge in [-0.25, -0.2) is 4.79 Å². The van der Waals surface area contributed by atoms with Gasteiger partial charge in [0.2, 0.25) is 0 Å². The molecule has 2 atom stereocenters. The third-order valence-corrected chi connectivity index (χ3v) is 3.11. The summed E-state index contributed by atoms with van der Waals surface area (Å²) in [6.07, 6.45) is -0.132. The van der Waals surface area contributed by atoms with Gasteiger partial charge >= 0.3 is 12.0 Å². The van der Waals surface area contributed by atoms with E-state index in [9.17, 15) is 9.59 Å². The lowest BCUT2D eigenvalue weighted by atomic mass is 10.1. The van der Waals surface area contributed by atoms with Gasteiger partial charge in [-0.3, -0.25) is 4.79 Å². The third kappa shape index (κ3) is 3.58. The predicted molar refractivity (Wildman–Crippen MR) is 63.3 cm³/mol. The van der Waals surface area contributed by atoms with E-state index >= 15 is 0 Å². The number of carboxylic acid groups (broad SMARTS) is 1. The minimum absolute atomic E-state index is 0.129. The summed E-state index contributed by atoms with van der Waals surface area (Å²) in [5.41, 5.74) is 0. The fourth-order valence-corrected chi connectivity index (χ4v) is 1.79. The van der Waals surface area contributed by atoms with Crippen LogP contribution in [0.15, 0.2) is 0 Å². The first-order valence-electron chi connectivity index (χ1n) is 5.91. The molecule has 2 N–H and O–H groups in total. The van der Waals surface area contributed by atoms with Crippen molar-refractivity contribution in [3.63, 3.8) is 0 Å². The van der Waals surface area contributed by atoms with E-state index in [1.807, 2.05) is 0 Å². The van der Waals surface area contributed by atoms with E-state index in [0.717, 1.165) is 0 Å². The summed E-state index contributed by atoms with van der Waals surface area (Å²) >= 11 is 0. The van der Waals surface area contributed by atoms with Crippen LogP contribution in [0.2, 0.25) is 0 Å². The number of likely N-dealkylation sites (N-methyl/N-ethyl adjacent to an activating group) is 1. The highest BCUT2D eigenvalue weighted by Gasteiger charge is 2.31. The molecule has 1 heterocycles. The molecular formula is C11H20N2O5. The van der Waals surface area contributed by atoms with Gasteiger partial charge in [0, 0.05) is 13.6 Å². The molecule has 0 spiro atoms. The number of morpholine rings is 1. The van der Waals surface area contributed by atoms with Crippen LogP contribution in [-0.2, 0) is 9.53 Å². The number of amides is 2. The van der Waals surface area contributed by atoms with Gasteiger partial charge in [0.05, 0.1) is 38.3 Å². The molecule has 0 aromatic heterocycles. The van der Waals surface area contributed by atoms with E-state index in [-0.39, 0.29) is 31.7 Å². The van der Waals surface area contributed by atoms with Gasteiger partial charge in [-0.15, -0.1) is 0 Å². The molecule has 18 heavy (non-hydrogen) atoms. The van der Waals surface area contributed by atoms with Crippen LogP contribution in [0, 0.1) is 0 Å². The predicted octanol–water partition coefficient (Wildman–Crippen LogP) is -0.405. The van der Waals surface area contributed by atoms with Gasteiger partial charge < -0.3 is 24.7 Å². The summed E-state index contributed by atoms with van der Waals surface area (Å²) in [7, 11) is 1.59. The normalized spacial score (nSPS) is 21.5. The number of nitrogens with zero attached hydrogens (tertiary/aromatic N) is 2. The summed E-state index contributed by atoms with van der Waals surface area (Å²) in [6, 6.07) is -1.02. The van der Waals surface area contributed by atoms with E-state index in [1.165, 1.54) is 9.80 Å². The zero-order valence-electron chi connectivity index (χ0n) is 10.7. The summed E-state index contributed by atoms with van der Waals surface area (Å²) < 4.78 is 5.20. The average Bonchev–Trinajstić information content (AvgIpc) is 2.36. The Labute approximate surface area is 106 Å². The molecule has 2 amide bonds. The van der Waals surface area contributed by atoms with Gasteiger partial charge in [-0.2, -0.15) is 0 Å². The number of carbonyl (C=O) groups is 2. The number of carboxylic acids is 1. The SMILES string of the molecule is CC(CO)N(C)C(=O)N1CCOCC1CC(=O)O. The molecule has 104 valence electrons. The first-order chi connectivity index (χ1) is 8.47. The molecule has 0 saturated carbocycles. The molecule has 7 heteroatoms. The topological polar surface area (TPSA) is 90.3 Å². The van der Waals surface area contributed by atoms with Crippen molar-refractivity contribution in [2.24, 2.45) is 0 Å². The zero-order chi connectivity index (χ0) is 13.7. The quantitative estimate of drug-likeness (QED) is 0.717. The maximum atomic E-state index is 12.2.